The number of piperidine rings is 1. The summed E-state index contributed by atoms with van der Waals surface area (Å²) in [6.45, 7) is 15.8. The molecule has 0 radical (unpaired) electrons. The largest absolute Gasteiger partial charge is 0.462 e. The van der Waals surface area contributed by atoms with Crippen molar-refractivity contribution in [1.82, 2.24) is 25.1 Å². The Morgan fingerprint density at radius 3 is 2.41 bits per heavy atom. The second kappa shape index (κ2) is 10.7. The second-order valence-corrected chi connectivity index (χ2v) is 12.4. The molecule has 0 aromatic carbocycles. The summed E-state index contributed by atoms with van der Waals surface area (Å²) < 4.78 is 51.4. The number of aromatic nitrogens is 4. The van der Waals surface area contributed by atoms with Gasteiger partial charge in [-0.05, 0) is 53.0 Å². The first-order valence-corrected chi connectivity index (χ1v) is 13.7. The maximum absolute atomic E-state index is 13.6. The van der Waals surface area contributed by atoms with Gasteiger partial charge in [-0.3, -0.25) is 0 Å². The van der Waals surface area contributed by atoms with Crippen LogP contribution in [-0.4, -0.2) is 68.5 Å². The number of likely N-dealkylation sites (tertiary alicyclic amines) is 1. The van der Waals surface area contributed by atoms with Gasteiger partial charge in [0, 0.05) is 36.0 Å². The maximum Gasteiger partial charge on any atom is 0.436 e. The first kappa shape index (κ1) is 30.4. The molecule has 3 atom stereocenters. The molecule has 41 heavy (non-hydrogen) atoms. The summed E-state index contributed by atoms with van der Waals surface area (Å²) in [4.78, 5) is 37.9. The molecular weight excluding hydrogens is 541 g/mol. The van der Waals surface area contributed by atoms with E-state index < -0.39 is 34.4 Å². The number of alkyl halides is 3. The summed E-state index contributed by atoms with van der Waals surface area (Å²) in [6.07, 6.45) is -3.16. The van der Waals surface area contributed by atoms with E-state index in [4.69, 9.17) is 14.5 Å². The summed E-state index contributed by atoms with van der Waals surface area (Å²) in [5, 5.41) is 7.24. The van der Waals surface area contributed by atoms with E-state index >= 15 is 0 Å². The molecular formula is C28H37F3N6O4. The van der Waals surface area contributed by atoms with Gasteiger partial charge in [-0.1, -0.05) is 20.8 Å². The van der Waals surface area contributed by atoms with Crippen molar-refractivity contribution in [2.75, 3.05) is 24.6 Å². The normalized spacial score (nSPS) is 22.4. The van der Waals surface area contributed by atoms with Gasteiger partial charge in [0.2, 0.25) is 0 Å². The molecule has 2 aliphatic rings. The van der Waals surface area contributed by atoms with Gasteiger partial charge in [0.25, 0.3) is 0 Å². The monoisotopic (exact) mass is 578 g/mol. The van der Waals surface area contributed by atoms with Gasteiger partial charge >= 0.3 is 18.2 Å². The molecule has 1 unspecified atom stereocenters. The minimum Gasteiger partial charge on any atom is -0.462 e. The van der Waals surface area contributed by atoms with Crippen LogP contribution >= 0.6 is 0 Å². The summed E-state index contributed by atoms with van der Waals surface area (Å²) >= 11 is 0. The van der Waals surface area contributed by atoms with Crippen LogP contribution in [0, 0.1) is 5.92 Å². The van der Waals surface area contributed by atoms with Crippen LogP contribution in [0.25, 0.3) is 0 Å². The number of hydrogen-bond donors (Lipinski definition) is 0. The minimum atomic E-state index is -4.88. The topological polar surface area (TPSA) is 111 Å². The first-order valence-electron chi connectivity index (χ1n) is 13.7. The molecule has 13 heteroatoms. The Kier molecular flexibility index (Phi) is 7.96. The molecule has 1 saturated heterocycles. The van der Waals surface area contributed by atoms with E-state index in [2.05, 4.69) is 22.1 Å². The zero-order chi connectivity index (χ0) is 30.5. The van der Waals surface area contributed by atoms with Gasteiger partial charge < -0.3 is 19.3 Å². The van der Waals surface area contributed by atoms with Crippen LogP contribution in [-0.2, 0) is 21.1 Å². The van der Waals surface area contributed by atoms with Crippen molar-refractivity contribution in [3.63, 3.8) is 0 Å². The fraction of sp³-hybridized carbons (Fsp3) is 0.643. The average Bonchev–Trinajstić information content (AvgIpc) is 3.14. The van der Waals surface area contributed by atoms with E-state index in [1.54, 1.807) is 9.80 Å². The molecule has 10 nitrogen and oxygen atoms in total. The molecule has 0 saturated carbocycles. The number of fused-ring (bicyclic) bond motifs is 1. The maximum atomic E-state index is 13.6. The van der Waals surface area contributed by atoms with Crippen molar-refractivity contribution < 1.29 is 32.2 Å². The van der Waals surface area contributed by atoms with Crippen molar-refractivity contribution in [3.05, 3.63) is 34.9 Å². The molecule has 224 valence electrons. The standard InChI is InChI=1S/C28H37F3N6O4/c1-9-40-24(38)18-11-19(34-35-22(18)28(29,30)31)37-13-27(7,8)20-21(32-14-33-23(20)37)17-10-16(3)36(12-15(17)2)25(39)41-26(4,5)6/h11,14-17H,9-10,12-13H2,1-8H3/t15-,16+,17?/m0/s1. The minimum absolute atomic E-state index is 0.00607. The lowest BCUT2D eigenvalue weighted by Crippen LogP contribution is -2.49. The van der Waals surface area contributed by atoms with Crippen molar-refractivity contribution in [2.45, 2.75) is 91.0 Å². The molecule has 2 aromatic heterocycles. The summed E-state index contributed by atoms with van der Waals surface area (Å²) in [5.74, 6) is -0.535. The predicted molar refractivity (Wildman–Crippen MR) is 144 cm³/mol. The number of rotatable bonds is 4. The summed E-state index contributed by atoms with van der Waals surface area (Å²) in [7, 11) is 0. The molecule has 0 N–H and O–H groups in total. The molecule has 1 fully saturated rings. The number of esters is 1. The van der Waals surface area contributed by atoms with E-state index in [9.17, 15) is 22.8 Å². The number of carbonyl (C=O) groups is 2. The summed E-state index contributed by atoms with van der Waals surface area (Å²) in [5.41, 5.74) is -1.54. The SMILES string of the molecule is CCOC(=O)c1cc(N2CC(C)(C)c3c(C4C[C@@H](C)N(C(=O)OC(C)(C)C)C[C@@H]4C)ncnc32)nnc1C(F)(F)F. The van der Waals surface area contributed by atoms with Gasteiger partial charge in [0.05, 0.1) is 17.9 Å². The fourth-order valence-electron chi connectivity index (χ4n) is 5.65. The van der Waals surface area contributed by atoms with E-state index in [1.165, 1.54) is 13.3 Å². The Morgan fingerprint density at radius 2 is 1.80 bits per heavy atom. The molecule has 2 aliphatic heterocycles. The Balaban J connectivity index is 1.71. The van der Waals surface area contributed by atoms with Crippen LogP contribution in [0.1, 0.15) is 95.0 Å². The third-order valence-corrected chi connectivity index (χ3v) is 7.44. The molecule has 4 heterocycles. The zero-order valence-electron chi connectivity index (χ0n) is 24.7. The first-order chi connectivity index (χ1) is 18.9. The van der Waals surface area contributed by atoms with Crippen LogP contribution < -0.4 is 4.90 Å². The van der Waals surface area contributed by atoms with E-state index in [1.807, 2.05) is 41.5 Å². The lowest BCUT2D eigenvalue weighted by Gasteiger charge is -2.42. The Hall–Kier alpha value is -3.51. The highest BCUT2D eigenvalue weighted by Gasteiger charge is 2.46. The molecule has 0 bridgehead atoms. The van der Waals surface area contributed by atoms with Gasteiger partial charge in [-0.25, -0.2) is 19.6 Å². The number of halogens is 3. The lowest BCUT2D eigenvalue weighted by molar-refractivity contribution is -0.142. The highest BCUT2D eigenvalue weighted by atomic mass is 19.4. The molecule has 1 amide bonds. The number of hydrogen-bond acceptors (Lipinski definition) is 9. The van der Waals surface area contributed by atoms with E-state index in [-0.39, 0.29) is 36.4 Å². The van der Waals surface area contributed by atoms with Crippen molar-refractivity contribution in [3.8, 4) is 0 Å². The highest BCUT2D eigenvalue weighted by molar-refractivity contribution is 5.92. The number of ether oxygens (including phenoxy) is 2. The Bertz CT molecular complexity index is 1330. The van der Waals surface area contributed by atoms with Crippen LogP contribution in [0.4, 0.5) is 29.6 Å². The Labute approximate surface area is 237 Å². The average molecular weight is 579 g/mol. The lowest BCUT2D eigenvalue weighted by atomic mass is 9.76. The fourth-order valence-corrected chi connectivity index (χ4v) is 5.65. The van der Waals surface area contributed by atoms with Crippen LogP contribution in [0.2, 0.25) is 0 Å². The van der Waals surface area contributed by atoms with Gasteiger partial charge in [-0.2, -0.15) is 13.2 Å². The van der Waals surface area contributed by atoms with Gasteiger partial charge in [0.1, 0.15) is 17.7 Å². The third-order valence-electron chi connectivity index (χ3n) is 7.44. The van der Waals surface area contributed by atoms with Crippen LogP contribution in [0.15, 0.2) is 12.4 Å². The van der Waals surface area contributed by atoms with E-state index in [0.717, 1.165) is 17.3 Å². The van der Waals surface area contributed by atoms with Crippen LogP contribution in [0.3, 0.4) is 0 Å². The third kappa shape index (κ3) is 6.08. The number of carbonyl (C=O) groups excluding carboxylic acids is 2. The smallest absolute Gasteiger partial charge is 0.436 e. The Morgan fingerprint density at radius 1 is 1.12 bits per heavy atom. The summed E-state index contributed by atoms with van der Waals surface area (Å²) in [6, 6.07) is 0.954. The molecule has 0 aliphatic carbocycles. The quantitative estimate of drug-likeness (QED) is 0.426. The highest BCUT2D eigenvalue weighted by Crippen LogP contribution is 2.48. The van der Waals surface area contributed by atoms with Crippen molar-refractivity contribution in [2.24, 2.45) is 5.92 Å². The van der Waals surface area contributed by atoms with Gasteiger partial charge in [0.15, 0.2) is 11.5 Å². The number of anilines is 2. The van der Waals surface area contributed by atoms with E-state index in [0.29, 0.717) is 25.3 Å². The zero-order valence-corrected chi connectivity index (χ0v) is 24.7. The van der Waals surface area contributed by atoms with Crippen molar-refractivity contribution >= 4 is 23.7 Å². The number of amides is 1. The molecule has 0 spiro atoms. The number of nitrogens with zero attached hydrogens (tertiary/aromatic N) is 6. The molecule has 2 aromatic rings. The van der Waals surface area contributed by atoms with Crippen molar-refractivity contribution in [1.29, 1.82) is 0 Å². The van der Waals surface area contributed by atoms with Gasteiger partial charge in [-0.15, -0.1) is 10.2 Å². The second-order valence-electron chi connectivity index (χ2n) is 12.4. The molecule has 4 rings (SSSR count). The van der Waals surface area contributed by atoms with Crippen LogP contribution in [0.5, 0.6) is 0 Å². The predicted octanol–water partition coefficient (Wildman–Crippen LogP) is 5.64.